The zero-order valence-corrected chi connectivity index (χ0v) is 18.5. The standard InChI is InChI=1S/C22H29N3O4S/c1-3-17-5-7-18(8-6-17)20-16(2)21(23-30(20,27)28)24-10-4-11-25(13-12-24)22(26)19-9-14-29-15-19/h5-8,19H,3-4,9-15H2,1-2H3/t19-/m1/s1. The Labute approximate surface area is 178 Å². The molecule has 0 unspecified atom stereocenters. The van der Waals surface area contributed by atoms with Gasteiger partial charge in [0.05, 0.1) is 12.5 Å². The van der Waals surface area contributed by atoms with Crippen molar-refractivity contribution in [3.05, 3.63) is 41.0 Å². The summed E-state index contributed by atoms with van der Waals surface area (Å²) in [5.74, 6) is 0.627. The maximum Gasteiger partial charge on any atom is 0.285 e. The number of carbonyl (C=O) groups excluding carboxylic acids is 1. The lowest BCUT2D eigenvalue weighted by atomic mass is 10.1. The van der Waals surface area contributed by atoms with Crippen molar-refractivity contribution in [2.24, 2.45) is 10.3 Å². The Balaban J connectivity index is 1.53. The molecular formula is C22H29N3O4S. The number of rotatable bonds is 3. The molecule has 8 heteroatoms. The second kappa shape index (κ2) is 8.51. The average Bonchev–Trinajstić information content (AvgIpc) is 3.26. The minimum Gasteiger partial charge on any atom is -0.381 e. The lowest BCUT2D eigenvalue weighted by molar-refractivity contribution is -0.135. The van der Waals surface area contributed by atoms with Crippen LogP contribution in [-0.2, 0) is 26.0 Å². The number of amides is 1. The molecule has 162 valence electrons. The van der Waals surface area contributed by atoms with Crippen LogP contribution in [0, 0.1) is 5.92 Å². The molecule has 3 aliphatic rings. The Morgan fingerprint density at radius 2 is 1.93 bits per heavy atom. The fourth-order valence-corrected chi connectivity index (χ4v) is 5.90. The van der Waals surface area contributed by atoms with Gasteiger partial charge in [-0.1, -0.05) is 31.2 Å². The molecule has 1 atom stereocenters. The van der Waals surface area contributed by atoms with Gasteiger partial charge >= 0.3 is 0 Å². The average molecular weight is 432 g/mol. The maximum atomic E-state index is 12.9. The van der Waals surface area contributed by atoms with Crippen LogP contribution in [0.3, 0.4) is 0 Å². The molecule has 0 bridgehead atoms. The molecular weight excluding hydrogens is 402 g/mol. The molecule has 0 N–H and O–H groups in total. The minimum atomic E-state index is -3.73. The predicted molar refractivity (Wildman–Crippen MR) is 116 cm³/mol. The van der Waals surface area contributed by atoms with Crippen LogP contribution in [0.1, 0.15) is 37.8 Å². The molecule has 2 saturated heterocycles. The molecule has 0 spiro atoms. The summed E-state index contributed by atoms with van der Waals surface area (Å²) in [5, 5.41) is 0. The van der Waals surface area contributed by atoms with Gasteiger partial charge in [-0.2, -0.15) is 8.42 Å². The van der Waals surface area contributed by atoms with Gasteiger partial charge in [0.15, 0.2) is 0 Å². The molecule has 0 saturated carbocycles. The highest BCUT2D eigenvalue weighted by Gasteiger charge is 2.35. The van der Waals surface area contributed by atoms with Gasteiger partial charge < -0.3 is 14.5 Å². The Morgan fingerprint density at radius 3 is 2.60 bits per heavy atom. The molecule has 1 aromatic carbocycles. The molecule has 0 radical (unpaired) electrons. The van der Waals surface area contributed by atoms with Crippen molar-refractivity contribution in [2.45, 2.75) is 33.1 Å². The smallest absolute Gasteiger partial charge is 0.285 e. The van der Waals surface area contributed by atoms with Crippen molar-refractivity contribution < 1.29 is 17.9 Å². The molecule has 30 heavy (non-hydrogen) atoms. The van der Waals surface area contributed by atoms with Crippen molar-refractivity contribution in [2.75, 3.05) is 39.4 Å². The monoisotopic (exact) mass is 431 g/mol. The van der Waals surface area contributed by atoms with Crippen LogP contribution in [0.5, 0.6) is 0 Å². The van der Waals surface area contributed by atoms with Gasteiger partial charge in [-0.05, 0) is 37.3 Å². The fraction of sp³-hybridized carbons (Fsp3) is 0.545. The van der Waals surface area contributed by atoms with Crippen LogP contribution >= 0.6 is 0 Å². The second-order valence-electron chi connectivity index (χ2n) is 8.12. The number of carbonyl (C=O) groups is 1. The van der Waals surface area contributed by atoms with E-state index in [1.807, 2.05) is 41.0 Å². The van der Waals surface area contributed by atoms with Gasteiger partial charge in [0.2, 0.25) is 5.91 Å². The van der Waals surface area contributed by atoms with E-state index >= 15 is 0 Å². The van der Waals surface area contributed by atoms with Crippen molar-refractivity contribution in [1.29, 1.82) is 0 Å². The minimum absolute atomic E-state index is 0.0416. The summed E-state index contributed by atoms with van der Waals surface area (Å²) < 4.78 is 35.2. The van der Waals surface area contributed by atoms with Gasteiger partial charge in [-0.3, -0.25) is 4.79 Å². The quantitative estimate of drug-likeness (QED) is 0.734. The molecule has 7 nitrogen and oxygen atoms in total. The van der Waals surface area contributed by atoms with Crippen molar-refractivity contribution in [3.63, 3.8) is 0 Å². The number of aryl methyl sites for hydroxylation is 1. The topological polar surface area (TPSA) is 79.3 Å². The van der Waals surface area contributed by atoms with Crippen molar-refractivity contribution in [1.82, 2.24) is 9.80 Å². The van der Waals surface area contributed by atoms with Gasteiger partial charge in [0.25, 0.3) is 10.0 Å². The van der Waals surface area contributed by atoms with E-state index in [0.29, 0.717) is 61.3 Å². The summed E-state index contributed by atoms with van der Waals surface area (Å²) in [6.45, 7) is 7.56. The number of ether oxygens (including phenoxy) is 1. The van der Waals surface area contributed by atoms with E-state index in [2.05, 4.69) is 11.3 Å². The molecule has 3 aliphatic heterocycles. The summed E-state index contributed by atoms with van der Waals surface area (Å²) in [5.41, 5.74) is 2.53. The summed E-state index contributed by atoms with van der Waals surface area (Å²) >= 11 is 0. The zero-order chi connectivity index (χ0) is 21.3. The van der Waals surface area contributed by atoms with E-state index in [1.54, 1.807) is 0 Å². The highest BCUT2D eigenvalue weighted by Crippen LogP contribution is 2.34. The molecule has 1 aromatic rings. The molecule has 0 aliphatic carbocycles. The third-order valence-electron chi connectivity index (χ3n) is 6.15. The van der Waals surface area contributed by atoms with E-state index in [9.17, 15) is 13.2 Å². The second-order valence-corrected chi connectivity index (χ2v) is 9.66. The van der Waals surface area contributed by atoms with Gasteiger partial charge in [0, 0.05) is 38.4 Å². The number of nitrogens with zero attached hydrogens (tertiary/aromatic N) is 3. The fourth-order valence-electron chi connectivity index (χ4n) is 4.41. The molecule has 1 amide bonds. The Morgan fingerprint density at radius 1 is 1.17 bits per heavy atom. The normalized spacial score (nSPS) is 24.2. The van der Waals surface area contributed by atoms with Crippen LogP contribution in [0.2, 0.25) is 0 Å². The highest BCUT2D eigenvalue weighted by molar-refractivity contribution is 8.00. The first kappa shape index (κ1) is 21.1. The summed E-state index contributed by atoms with van der Waals surface area (Å²) in [4.78, 5) is 16.9. The number of sulfonamides is 1. The third kappa shape index (κ3) is 4.03. The SMILES string of the molecule is CCc1ccc(C2=C(C)C(N3CCCN(C(=O)[C@@H]4CCOC4)CC3)=NS2(=O)=O)cc1. The molecule has 4 rings (SSSR count). The third-order valence-corrected chi connectivity index (χ3v) is 7.62. The predicted octanol–water partition coefficient (Wildman–Crippen LogP) is 2.29. The summed E-state index contributed by atoms with van der Waals surface area (Å²) in [7, 11) is -3.73. The van der Waals surface area contributed by atoms with Crippen molar-refractivity contribution >= 4 is 26.7 Å². The van der Waals surface area contributed by atoms with Crippen LogP contribution in [0.4, 0.5) is 0 Å². The maximum absolute atomic E-state index is 12.9. The number of hydrogen-bond donors (Lipinski definition) is 0. The Hall–Kier alpha value is -2.19. The number of amidine groups is 1. The Bertz CT molecular complexity index is 976. The number of benzene rings is 1. The Kier molecular flexibility index (Phi) is 5.97. The van der Waals surface area contributed by atoms with Crippen LogP contribution in [-0.4, -0.2) is 69.4 Å². The van der Waals surface area contributed by atoms with Crippen LogP contribution in [0.25, 0.3) is 4.91 Å². The largest absolute Gasteiger partial charge is 0.381 e. The van der Waals surface area contributed by atoms with Gasteiger partial charge in [-0.25, -0.2) is 0 Å². The molecule has 3 heterocycles. The van der Waals surface area contributed by atoms with Gasteiger partial charge in [0.1, 0.15) is 10.7 Å². The zero-order valence-electron chi connectivity index (χ0n) is 17.6. The number of hydrogen-bond acceptors (Lipinski definition) is 5. The molecule has 0 aromatic heterocycles. The van der Waals surface area contributed by atoms with E-state index in [1.165, 1.54) is 5.56 Å². The van der Waals surface area contributed by atoms with Crippen molar-refractivity contribution in [3.8, 4) is 0 Å². The van der Waals surface area contributed by atoms with Gasteiger partial charge in [-0.15, -0.1) is 4.40 Å². The van der Waals surface area contributed by atoms with Crippen LogP contribution < -0.4 is 0 Å². The van der Waals surface area contributed by atoms with E-state index < -0.39 is 10.0 Å². The summed E-state index contributed by atoms with van der Waals surface area (Å²) in [6.07, 6.45) is 2.47. The lowest BCUT2D eigenvalue weighted by Gasteiger charge is -2.25. The van der Waals surface area contributed by atoms with E-state index in [0.717, 1.165) is 19.3 Å². The first-order valence-electron chi connectivity index (χ1n) is 10.7. The van der Waals surface area contributed by atoms with E-state index in [4.69, 9.17) is 4.74 Å². The summed E-state index contributed by atoms with van der Waals surface area (Å²) in [6, 6.07) is 7.65. The first-order valence-corrected chi connectivity index (χ1v) is 12.1. The van der Waals surface area contributed by atoms with E-state index in [-0.39, 0.29) is 11.8 Å². The first-order chi connectivity index (χ1) is 14.4. The highest BCUT2D eigenvalue weighted by atomic mass is 32.2. The molecule has 2 fully saturated rings. The van der Waals surface area contributed by atoms with Crippen LogP contribution in [0.15, 0.2) is 34.2 Å². The lowest BCUT2D eigenvalue weighted by Crippen LogP contribution is -2.40.